The SMILES string of the molecule is CCOC(=O)N1C[C@@H](CC(=O)OC)[C@H](c2cccc(OCCc3nc(-c4ccccc4)oc3C)c2)C1. The van der Waals surface area contributed by atoms with E-state index in [2.05, 4.69) is 4.98 Å². The van der Waals surface area contributed by atoms with Crippen LogP contribution in [0.15, 0.2) is 59.0 Å². The molecule has 8 heteroatoms. The lowest BCUT2D eigenvalue weighted by atomic mass is 9.87. The first kappa shape index (κ1) is 25.3. The van der Waals surface area contributed by atoms with E-state index >= 15 is 0 Å². The van der Waals surface area contributed by atoms with E-state index in [1.807, 2.05) is 61.5 Å². The maximum atomic E-state index is 12.3. The van der Waals surface area contributed by atoms with Crippen molar-refractivity contribution in [1.82, 2.24) is 9.88 Å². The van der Waals surface area contributed by atoms with Crippen molar-refractivity contribution in [3.05, 3.63) is 71.6 Å². The molecular weight excluding hydrogens is 460 g/mol. The lowest BCUT2D eigenvalue weighted by molar-refractivity contribution is -0.141. The fourth-order valence-corrected chi connectivity index (χ4v) is 4.58. The molecule has 8 nitrogen and oxygen atoms in total. The number of esters is 1. The van der Waals surface area contributed by atoms with Gasteiger partial charge in [0.05, 0.1) is 32.4 Å². The summed E-state index contributed by atoms with van der Waals surface area (Å²) in [6.45, 7) is 5.36. The van der Waals surface area contributed by atoms with Crippen LogP contribution in [0.5, 0.6) is 5.75 Å². The molecule has 2 heterocycles. The molecule has 2 atom stereocenters. The van der Waals surface area contributed by atoms with E-state index < -0.39 is 0 Å². The standard InChI is InChI=1S/C28H32N2O6/c1-4-34-28(32)30-17-22(16-26(31)33-3)24(18-30)21-11-8-12-23(15-21)35-14-13-25-19(2)36-27(29-25)20-9-6-5-7-10-20/h5-12,15,22,24H,4,13-14,16-18H2,1-3H3/t22-,24+/m1/s1. The van der Waals surface area contributed by atoms with E-state index in [0.717, 1.165) is 28.3 Å². The number of aromatic nitrogens is 1. The van der Waals surface area contributed by atoms with Crippen LogP contribution in [-0.4, -0.2) is 55.4 Å². The highest BCUT2D eigenvalue weighted by molar-refractivity contribution is 5.71. The van der Waals surface area contributed by atoms with Crippen LogP contribution in [0.3, 0.4) is 0 Å². The van der Waals surface area contributed by atoms with Crippen molar-refractivity contribution in [3.8, 4) is 17.2 Å². The zero-order valence-corrected chi connectivity index (χ0v) is 20.9. The number of nitrogens with zero attached hydrogens (tertiary/aromatic N) is 2. The number of methoxy groups -OCH3 is 1. The van der Waals surface area contributed by atoms with Gasteiger partial charge in [-0.3, -0.25) is 4.79 Å². The summed E-state index contributed by atoms with van der Waals surface area (Å²) in [6.07, 6.45) is 0.481. The van der Waals surface area contributed by atoms with E-state index in [1.54, 1.807) is 11.8 Å². The lowest BCUT2D eigenvalue weighted by Crippen LogP contribution is -2.29. The van der Waals surface area contributed by atoms with E-state index in [1.165, 1.54) is 7.11 Å². The highest BCUT2D eigenvalue weighted by Crippen LogP contribution is 2.36. The second kappa shape index (κ2) is 11.7. The molecule has 0 saturated carbocycles. The van der Waals surface area contributed by atoms with E-state index in [0.29, 0.717) is 38.6 Å². The Balaban J connectivity index is 1.41. The number of ether oxygens (including phenoxy) is 3. The number of hydrogen-bond donors (Lipinski definition) is 0. The van der Waals surface area contributed by atoms with Crippen LogP contribution in [0.1, 0.15) is 36.3 Å². The van der Waals surface area contributed by atoms with Crippen molar-refractivity contribution in [2.75, 3.05) is 33.4 Å². The predicted molar refractivity (Wildman–Crippen MR) is 134 cm³/mol. The highest BCUT2D eigenvalue weighted by atomic mass is 16.6. The zero-order chi connectivity index (χ0) is 25.5. The molecule has 0 N–H and O–H groups in total. The normalized spacial score (nSPS) is 17.1. The monoisotopic (exact) mass is 492 g/mol. The number of benzene rings is 2. The van der Waals surface area contributed by atoms with Gasteiger partial charge in [-0.15, -0.1) is 0 Å². The summed E-state index contributed by atoms with van der Waals surface area (Å²) in [4.78, 5) is 30.6. The summed E-state index contributed by atoms with van der Waals surface area (Å²) in [5, 5.41) is 0. The van der Waals surface area contributed by atoms with Crippen molar-refractivity contribution < 1.29 is 28.2 Å². The van der Waals surface area contributed by atoms with Gasteiger partial charge in [-0.05, 0) is 49.6 Å². The van der Waals surface area contributed by atoms with Gasteiger partial charge in [-0.1, -0.05) is 30.3 Å². The molecule has 0 spiro atoms. The Morgan fingerprint density at radius 3 is 2.67 bits per heavy atom. The van der Waals surface area contributed by atoms with Crippen molar-refractivity contribution in [2.45, 2.75) is 32.6 Å². The minimum atomic E-state index is -0.361. The Labute approximate surface area is 211 Å². The summed E-state index contributed by atoms with van der Waals surface area (Å²) in [6, 6.07) is 17.6. The third-order valence-corrected chi connectivity index (χ3v) is 6.43. The van der Waals surface area contributed by atoms with Gasteiger partial charge in [0.25, 0.3) is 0 Å². The number of carbonyl (C=O) groups excluding carboxylic acids is 2. The largest absolute Gasteiger partial charge is 0.493 e. The first-order valence-electron chi connectivity index (χ1n) is 12.2. The second-order valence-corrected chi connectivity index (χ2v) is 8.81. The van der Waals surface area contributed by atoms with E-state index in [9.17, 15) is 9.59 Å². The van der Waals surface area contributed by atoms with Crippen LogP contribution in [0.4, 0.5) is 4.79 Å². The molecule has 0 bridgehead atoms. The number of amides is 1. The van der Waals surface area contributed by atoms with Crippen LogP contribution in [-0.2, 0) is 20.7 Å². The summed E-state index contributed by atoms with van der Waals surface area (Å²) < 4.78 is 22.0. The molecule has 1 saturated heterocycles. The van der Waals surface area contributed by atoms with E-state index in [4.69, 9.17) is 18.6 Å². The molecular formula is C28H32N2O6. The van der Waals surface area contributed by atoms with Crippen molar-refractivity contribution in [1.29, 1.82) is 0 Å². The Morgan fingerprint density at radius 2 is 1.92 bits per heavy atom. The van der Waals surface area contributed by atoms with Gasteiger partial charge in [-0.25, -0.2) is 9.78 Å². The molecule has 190 valence electrons. The van der Waals surface area contributed by atoms with Gasteiger partial charge in [0.1, 0.15) is 11.5 Å². The smallest absolute Gasteiger partial charge is 0.409 e. The van der Waals surface area contributed by atoms with Crippen LogP contribution in [0, 0.1) is 12.8 Å². The number of carbonyl (C=O) groups is 2. The molecule has 1 aliphatic heterocycles. The molecule has 36 heavy (non-hydrogen) atoms. The molecule has 3 aromatic rings. The Hall–Kier alpha value is -3.81. The number of hydrogen-bond acceptors (Lipinski definition) is 7. The van der Waals surface area contributed by atoms with Crippen LogP contribution < -0.4 is 4.74 Å². The minimum absolute atomic E-state index is 0.0247. The fraction of sp³-hybridized carbons (Fsp3) is 0.393. The summed E-state index contributed by atoms with van der Waals surface area (Å²) in [7, 11) is 1.38. The Bertz CT molecular complexity index is 1180. The average Bonchev–Trinajstić information content (AvgIpc) is 3.48. The lowest BCUT2D eigenvalue weighted by Gasteiger charge is -2.18. The predicted octanol–water partition coefficient (Wildman–Crippen LogP) is 5.01. The maximum Gasteiger partial charge on any atom is 0.409 e. The van der Waals surface area contributed by atoms with Gasteiger partial charge in [0.15, 0.2) is 0 Å². The molecule has 0 unspecified atom stereocenters. The topological polar surface area (TPSA) is 91.1 Å². The summed E-state index contributed by atoms with van der Waals surface area (Å²) >= 11 is 0. The Morgan fingerprint density at radius 1 is 1.11 bits per heavy atom. The van der Waals surface area contributed by atoms with Crippen LogP contribution in [0.2, 0.25) is 0 Å². The Kier molecular flexibility index (Phi) is 8.25. The van der Waals surface area contributed by atoms with Crippen molar-refractivity contribution >= 4 is 12.1 Å². The molecule has 1 amide bonds. The fourth-order valence-electron chi connectivity index (χ4n) is 4.58. The number of aryl methyl sites for hydroxylation is 1. The average molecular weight is 493 g/mol. The van der Waals surface area contributed by atoms with Gasteiger partial charge >= 0.3 is 12.1 Å². The molecule has 0 aliphatic carbocycles. The molecule has 4 rings (SSSR count). The van der Waals surface area contributed by atoms with E-state index in [-0.39, 0.29) is 30.3 Å². The van der Waals surface area contributed by atoms with Gasteiger partial charge < -0.3 is 23.5 Å². The maximum absolute atomic E-state index is 12.3. The van der Waals surface area contributed by atoms with Crippen LogP contribution >= 0.6 is 0 Å². The zero-order valence-electron chi connectivity index (χ0n) is 20.9. The first-order valence-corrected chi connectivity index (χ1v) is 12.2. The summed E-state index contributed by atoms with van der Waals surface area (Å²) in [5.41, 5.74) is 2.82. The first-order chi connectivity index (χ1) is 17.5. The van der Waals surface area contributed by atoms with Gasteiger partial charge in [0, 0.05) is 31.0 Å². The molecule has 2 aromatic carbocycles. The van der Waals surface area contributed by atoms with Gasteiger partial charge in [-0.2, -0.15) is 0 Å². The van der Waals surface area contributed by atoms with Crippen molar-refractivity contribution in [3.63, 3.8) is 0 Å². The quantitative estimate of drug-likeness (QED) is 0.388. The third-order valence-electron chi connectivity index (χ3n) is 6.43. The van der Waals surface area contributed by atoms with Gasteiger partial charge in [0.2, 0.25) is 5.89 Å². The number of rotatable bonds is 9. The third kappa shape index (κ3) is 6.05. The van der Waals surface area contributed by atoms with Crippen LogP contribution in [0.25, 0.3) is 11.5 Å². The van der Waals surface area contributed by atoms with Crippen molar-refractivity contribution in [2.24, 2.45) is 5.92 Å². The molecule has 1 aliphatic rings. The second-order valence-electron chi connectivity index (χ2n) is 8.81. The minimum Gasteiger partial charge on any atom is -0.493 e. The molecule has 1 aromatic heterocycles. The molecule has 0 radical (unpaired) electrons. The number of likely N-dealkylation sites (tertiary alicyclic amines) is 1. The summed E-state index contributed by atoms with van der Waals surface area (Å²) in [5.74, 6) is 1.73. The number of oxazole rings is 1. The molecule has 1 fully saturated rings. The highest BCUT2D eigenvalue weighted by Gasteiger charge is 2.38.